The molecule has 4 aromatic rings. The minimum absolute atomic E-state index is 0.0251. The third-order valence-electron chi connectivity index (χ3n) is 14.0. The van der Waals surface area contributed by atoms with E-state index in [0.29, 0.717) is 42.0 Å². The summed E-state index contributed by atoms with van der Waals surface area (Å²) in [4.78, 5) is 17.1. The number of ether oxygens (including phenoxy) is 2. The molecule has 13 heteroatoms. The van der Waals surface area contributed by atoms with Crippen LogP contribution in [-0.2, 0) is 23.4 Å². The van der Waals surface area contributed by atoms with Gasteiger partial charge in [-0.1, -0.05) is 83.4 Å². The van der Waals surface area contributed by atoms with Crippen LogP contribution in [0.4, 0.5) is 0 Å². The van der Waals surface area contributed by atoms with Crippen molar-refractivity contribution in [1.29, 1.82) is 0 Å². The van der Waals surface area contributed by atoms with Crippen molar-refractivity contribution in [2.75, 3.05) is 12.3 Å². The molecule has 5 aliphatic heterocycles. The normalized spacial score (nSPS) is 28.9. The standard InChI is InChI=1S/C48H52N4O7S2/c1-26-4-6-32(40(55)16-26)41(56)18-29(53)5-7-31-36-25-61-60-24-28-21-51-46(49)33-9-8-30-34(44(28)33)17-27-20-50-38-23-52(22-35(27)38)47-37(10-11-39(30)54)48(12-2-3-13-48)14-15-58-43(19-42(31)57)45(36)59-47/h4,6,8-9,19-20,22-23,26,28,32,37,39-41,46-47,50-51,54-57H,2-3,5,7,12-13,16-18,21,24-25,49H2,1H3. The number of hydrogen-bond acceptors (Lipinski definition) is 11. The van der Waals surface area contributed by atoms with E-state index in [1.807, 2.05) is 31.2 Å². The highest BCUT2D eigenvalue weighted by molar-refractivity contribution is 8.76. The van der Waals surface area contributed by atoms with Gasteiger partial charge in [-0.3, -0.25) is 10.1 Å². The molecule has 61 heavy (non-hydrogen) atoms. The van der Waals surface area contributed by atoms with Gasteiger partial charge in [-0.2, -0.15) is 0 Å². The minimum atomic E-state index is -1.08. The lowest BCUT2D eigenvalue weighted by Crippen LogP contribution is -2.39. The molecule has 11 nitrogen and oxygen atoms in total. The highest BCUT2D eigenvalue weighted by atomic mass is 33.1. The largest absolute Gasteiger partial charge is 0.508 e. The molecule has 9 atom stereocenters. The molecule has 1 spiro atoms. The third-order valence-corrected chi connectivity index (χ3v) is 16.4. The first-order valence-electron chi connectivity index (χ1n) is 21.6. The number of nitrogens with zero attached hydrogens (tertiary/aromatic N) is 1. The molecule has 1 fully saturated rings. The zero-order chi connectivity index (χ0) is 42.0. The summed E-state index contributed by atoms with van der Waals surface area (Å²) in [6, 6.07) is 5.59. The lowest BCUT2D eigenvalue weighted by Gasteiger charge is -2.36. The number of aliphatic hydroxyl groups excluding tert-OH is 3. The van der Waals surface area contributed by atoms with E-state index in [9.17, 15) is 25.2 Å². The fraction of sp³-hybridized carbons (Fsp3) is 0.479. The molecular weight excluding hydrogens is 809 g/mol. The van der Waals surface area contributed by atoms with Gasteiger partial charge in [-0.05, 0) is 59.4 Å². The monoisotopic (exact) mass is 860 g/mol. The molecule has 318 valence electrons. The van der Waals surface area contributed by atoms with Crippen LogP contribution >= 0.6 is 21.6 Å². The Balaban J connectivity index is 1.12. The molecule has 2 aromatic carbocycles. The maximum absolute atomic E-state index is 13.6. The molecule has 9 unspecified atom stereocenters. The Kier molecular flexibility index (Phi) is 11.0. The number of aliphatic hydroxyl groups is 3. The smallest absolute Gasteiger partial charge is 0.191 e. The van der Waals surface area contributed by atoms with Crippen molar-refractivity contribution >= 4 is 38.3 Å². The topological polar surface area (TPSA) is 175 Å². The highest BCUT2D eigenvalue weighted by Gasteiger charge is 2.47. The van der Waals surface area contributed by atoms with Crippen LogP contribution in [0.25, 0.3) is 10.9 Å². The van der Waals surface area contributed by atoms with Crippen LogP contribution in [0.1, 0.15) is 115 Å². The number of aromatic hydroxyl groups is 1. The number of ketones is 1. The fourth-order valence-corrected chi connectivity index (χ4v) is 13.2. The molecule has 0 amide bonds. The molecule has 0 radical (unpaired) electrons. The van der Waals surface area contributed by atoms with E-state index in [2.05, 4.69) is 57.3 Å². The zero-order valence-electron chi connectivity index (χ0n) is 34.2. The summed E-state index contributed by atoms with van der Waals surface area (Å²) in [6.07, 6.45) is 14.0. The summed E-state index contributed by atoms with van der Waals surface area (Å²) in [6.45, 7) is 2.68. The molecule has 7 aliphatic rings. The number of phenolic OH excluding ortho intramolecular Hbond substituents is 1. The van der Waals surface area contributed by atoms with Gasteiger partial charge in [0.15, 0.2) is 17.7 Å². The van der Waals surface area contributed by atoms with Crippen molar-refractivity contribution in [3.63, 3.8) is 0 Å². The molecule has 8 bridgehead atoms. The molecule has 8 N–H and O–H groups in total. The predicted molar refractivity (Wildman–Crippen MR) is 237 cm³/mol. The first kappa shape index (κ1) is 40.7. The first-order valence-corrected chi connectivity index (χ1v) is 24.1. The SMILES string of the molecule is CC1C=CC(C(O)CC(=O)CCc2c(O)cc3c4c2CSSCC2CNC(N)c5ccc6c(c52)Cc2c[nH]c5cn(cc25)C(O4)C(C#CC6O)C2(C#CO3)CCCC2)C(O)C1. The van der Waals surface area contributed by atoms with Crippen LogP contribution in [0, 0.1) is 47.0 Å². The number of H-pyrrole nitrogens is 1. The van der Waals surface area contributed by atoms with E-state index in [0.717, 1.165) is 70.2 Å². The van der Waals surface area contributed by atoms with Gasteiger partial charge < -0.3 is 45.2 Å². The highest BCUT2D eigenvalue weighted by Crippen LogP contribution is 2.53. The van der Waals surface area contributed by atoms with Gasteiger partial charge in [0.05, 0.1) is 35.2 Å². The summed E-state index contributed by atoms with van der Waals surface area (Å²) in [7, 11) is 3.36. The van der Waals surface area contributed by atoms with Crippen LogP contribution in [0.5, 0.6) is 17.2 Å². The maximum Gasteiger partial charge on any atom is 0.191 e. The second-order valence-corrected chi connectivity index (χ2v) is 20.4. The Bertz CT molecular complexity index is 2540. The Hall–Kier alpha value is -4.31. The van der Waals surface area contributed by atoms with E-state index in [4.69, 9.17) is 15.2 Å². The van der Waals surface area contributed by atoms with Crippen molar-refractivity contribution in [2.24, 2.45) is 28.9 Å². The molecule has 7 heterocycles. The molecule has 0 saturated heterocycles. The van der Waals surface area contributed by atoms with Gasteiger partial charge in [0.2, 0.25) is 0 Å². The van der Waals surface area contributed by atoms with Crippen LogP contribution in [0.15, 0.2) is 48.9 Å². The molecular formula is C48H52N4O7S2. The fourth-order valence-electron chi connectivity index (χ4n) is 10.7. The van der Waals surface area contributed by atoms with Crippen molar-refractivity contribution in [1.82, 2.24) is 14.9 Å². The predicted octanol–water partition coefficient (Wildman–Crippen LogP) is 6.79. The number of aromatic amines is 1. The van der Waals surface area contributed by atoms with Crippen molar-refractivity contribution < 1.29 is 34.7 Å². The summed E-state index contributed by atoms with van der Waals surface area (Å²) in [5, 5.41) is 50.3. The third kappa shape index (κ3) is 7.46. The van der Waals surface area contributed by atoms with E-state index < -0.39 is 41.8 Å². The average molecular weight is 861 g/mol. The minimum Gasteiger partial charge on any atom is -0.508 e. The van der Waals surface area contributed by atoms with E-state index in [-0.39, 0.29) is 54.5 Å². The second-order valence-electron chi connectivity index (χ2n) is 17.9. The van der Waals surface area contributed by atoms with Crippen molar-refractivity contribution in [3.8, 4) is 41.1 Å². The number of Topliss-reactive ketones (excluding diaryl/α,β-unsaturated/α-hetero) is 1. The average Bonchev–Trinajstić information content (AvgIpc) is 3.98. The Morgan fingerprint density at radius 1 is 1.11 bits per heavy atom. The van der Waals surface area contributed by atoms with E-state index in [1.54, 1.807) is 27.7 Å². The number of nitrogens with one attached hydrogen (secondary N) is 2. The van der Waals surface area contributed by atoms with Crippen LogP contribution in [-0.4, -0.2) is 60.3 Å². The number of benzene rings is 2. The van der Waals surface area contributed by atoms with Crippen LogP contribution in [0.3, 0.4) is 0 Å². The number of carbonyl (C=O) groups is 1. The second kappa shape index (κ2) is 16.4. The molecule has 1 saturated carbocycles. The zero-order valence-corrected chi connectivity index (χ0v) is 35.8. The number of aromatic nitrogens is 2. The number of allylic oxidation sites excluding steroid dienone is 1. The van der Waals surface area contributed by atoms with Gasteiger partial charge in [-0.25, -0.2) is 0 Å². The van der Waals surface area contributed by atoms with Crippen LogP contribution in [0.2, 0.25) is 0 Å². The Morgan fingerprint density at radius 2 is 1.95 bits per heavy atom. The Labute approximate surface area is 363 Å². The number of nitrogens with two attached hydrogens (primary N) is 1. The number of carbonyl (C=O) groups excluding carboxylic acids is 1. The lowest BCUT2D eigenvalue weighted by atomic mass is 9.73. The quantitative estimate of drug-likeness (QED) is 0.0618. The van der Waals surface area contributed by atoms with E-state index in [1.165, 1.54) is 0 Å². The molecule has 2 aromatic heterocycles. The van der Waals surface area contributed by atoms with Crippen LogP contribution < -0.4 is 20.5 Å². The number of fused-ring (bicyclic) bond motifs is 4. The van der Waals surface area contributed by atoms with Gasteiger partial charge >= 0.3 is 0 Å². The maximum atomic E-state index is 13.6. The summed E-state index contributed by atoms with van der Waals surface area (Å²) in [5.74, 6) is 11.4. The lowest BCUT2D eigenvalue weighted by molar-refractivity contribution is -0.122. The van der Waals surface area contributed by atoms with Gasteiger partial charge in [0.1, 0.15) is 23.7 Å². The van der Waals surface area contributed by atoms with Gasteiger partial charge in [0, 0.05) is 90.3 Å². The van der Waals surface area contributed by atoms with Gasteiger partial charge in [0.25, 0.3) is 0 Å². The van der Waals surface area contributed by atoms with Gasteiger partial charge in [-0.15, -0.1) is 0 Å². The summed E-state index contributed by atoms with van der Waals surface area (Å²) < 4.78 is 15.7. The van der Waals surface area contributed by atoms with E-state index >= 15 is 0 Å². The summed E-state index contributed by atoms with van der Waals surface area (Å²) in [5.41, 5.74) is 13.4. The van der Waals surface area contributed by atoms with Crippen molar-refractivity contribution in [3.05, 3.63) is 87.9 Å². The molecule has 11 rings (SSSR count). The number of rotatable bonds is 6. The number of phenols is 1. The Morgan fingerprint density at radius 3 is 2.79 bits per heavy atom. The molecule has 2 aliphatic carbocycles. The van der Waals surface area contributed by atoms with Crippen molar-refractivity contribution in [2.45, 2.75) is 107 Å². The number of hydrogen-bond donors (Lipinski definition) is 7. The summed E-state index contributed by atoms with van der Waals surface area (Å²) >= 11 is 0. The first-order chi connectivity index (χ1) is 29.6.